The van der Waals surface area contributed by atoms with Crippen LogP contribution in [0.3, 0.4) is 0 Å². The van der Waals surface area contributed by atoms with Crippen molar-refractivity contribution in [3.8, 4) is 11.3 Å². The van der Waals surface area contributed by atoms with Crippen molar-refractivity contribution in [2.24, 2.45) is 0 Å². The highest BCUT2D eigenvalue weighted by Gasteiger charge is 2.21. The van der Waals surface area contributed by atoms with Crippen molar-refractivity contribution in [3.63, 3.8) is 0 Å². The van der Waals surface area contributed by atoms with Gasteiger partial charge in [0.25, 0.3) is 0 Å². The first-order valence-electron chi connectivity index (χ1n) is 6.46. The van der Waals surface area contributed by atoms with E-state index in [2.05, 4.69) is 34.3 Å². The highest BCUT2D eigenvalue weighted by Crippen LogP contribution is 2.28. The van der Waals surface area contributed by atoms with Gasteiger partial charge in [-0.2, -0.15) is 0 Å². The van der Waals surface area contributed by atoms with Gasteiger partial charge in [0.1, 0.15) is 6.33 Å². The summed E-state index contributed by atoms with van der Waals surface area (Å²) in [7, 11) is 0. The first-order chi connectivity index (χ1) is 8.86. The van der Waals surface area contributed by atoms with Gasteiger partial charge in [-0.15, -0.1) is 0 Å². The van der Waals surface area contributed by atoms with Crippen LogP contribution in [0.4, 0.5) is 0 Å². The molecule has 0 spiro atoms. The summed E-state index contributed by atoms with van der Waals surface area (Å²) >= 11 is 0. The fourth-order valence-corrected chi connectivity index (χ4v) is 2.62. The molecule has 3 nitrogen and oxygen atoms in total. The maximum absolute atomic E-state index is 4.47. The van der Waals surface area contributed by atoms with Gasteiger partial charge in [0.2, 0.25) is 0 Å². The minimum atomic E-state index is 0.399. The van der Waals surface area contributed by atoms with Crippen molar-refractivity contribution in [1.82, 2.24) is 15.3 Å². The summed E-state index contributed by atoms with van der Waals surface area (Å²) in [6.07, 6.45) is 4.09. The molecule has 1 atom stereocenters. The molecule has 1 aliphatic heterocycles. The zero-order chi connectivity index (χ0) is 12.4. The lowest BCUT2D eigenvalue weighted by Crippen LogP contribution is -2.16. The number of hydrogen-bond donors (Lipinski definition) is 1. The standard InChI is InChI=1S/C15H17N3/c1-11-14(12-6-3-2-4-7-12)17-10-18-15(11)13-8-5-9-16-13/h2-4,6-7,10,13,16H,5,8-9H2,1H3. The van der Waals surface area contributed by atoms with Crippen LogP contribution in [0.15, 0.2) is 36.7 Å². The van der Waals surface area contributed by atoms with E-state index in [1.54, 1.807) is 6.33 Å². The van der Waals surface area contributed by atoms with Crippen LogP contribution in [0.5, 0.6) is 0 Å². The summed E-state index contributed by atoms with van der Waals surface area (Å²) in [5.74, 6) is 0. The van der Waals surface area contributed by atoms with E-state index >= 15 is 0 Å². The highest BCUT2D eigenvalue weighted by atomic mass is 15.0. The Labute approximate surface area is 107 Å². The number of benzene rings is 1. The zero-order valence-electron chi connectivity index (χ0n) is 10.6. The molecule has 1 saturated heterocycles. The van der Waals surface area contributed by atoms with Crippen LogP contribution in [0.25, 0.3) is 11.3 Å². The molecule has 0 amide bonds. The zero-order valence-corrected chi connectivity index (χ0v) is 10.6. The third-order valence-corrected chi connectivity index (χ3v) is 3.56. The maximum Gasteiger partial charge on any atom is 0.116 e. The topological polar surface area (TPSA) is 37.8 Å². The third kappa shape index (κ3) is 2.02. The molecule has 1 aromatic carbocycles. The lowest BCUT2D eigenvalue weighted by molar-refractivity contribution is 0.621. The average Bonchev–Trinajstić information content (AvgIpc) is 2.94. The SMILES string of the molecule is Cc1c(-c2ccccc2)ncnc1C1CCCN1. The van der Waals surface area contributed by atoms with Crippen molar-refractivity contribution < 1.29 is 0 Å². The van der Waals surface area contributed by atoms with E-state index < -0.39 is 0 Å². The number of nitrogens with zero attached hydrogens (tertiary/aromatic N) is 2. The molecule has 1 aromatic heterocycles. The third-order valence-electron chi connectivity index (χ3n) is 3.56. The maximum atomic E-state index is 4.47. The predicted molar refractivity (Wildman–Crippen MR) is 72.2 cm³/mol. The van der Waals surface area contributed by atoms with Gasteiger partial charge in [-0.3, -0.25) is 0 Å². The van der Waals surface area contributed by atoms with Crippen LogP contribution in [0.1, 0.15) is 30.1 Å². The van der Waals surface area contributed by atoms with Gasteiger partial charge in [-0.25, -0.2) is 9.97 Å². The Morgan fingerprint density at radius 1 is 1.17 bits per heavy atom. The molecule has 0 radical (unpaired) electrons. The van der Waals surface area contributed by atoms with Gasteiger partial charge in [-0.1, -0.05) is 30.3 Å². The Morgan fingerprint density at radius 3 is 2.72 bits per heavy atom. The van der Waals surface area contributed by atoms with Crippen molar-refractivity contribution in [2.75, 3.05) is 6.54 Å². The molecule has 1 N–H and O–H groups in total. The number of rotatable bonds is 2. The number of aromatic nitrogens is 2. The summed E-state index contributed by atoms with van der Waals surface area (Å²) in [6, 6.07) is 10.7. The Bertz CT molecular complexity index is 531. The molecule has 3 heteroatoms. The van der Waals surface area contributed by atoms with E-state index in [0.29, 0.717) is 6.04 Å². The van der Waals surface area contributed by atoms with Crippen molar-refractivity contribution >= 4 is 0 Å². The molecule has 1 aliphatic rings. The van der Waals surface area contributed by atoms with E-state index in [9.17, 15) is 0 Å². The molecule has 3 rings (SSSR count). The first kappa shape index (κ1) is 11.4. The fourth-order valence-electron chi connectivity index (χ4n) is 2.62. The van der Waals surface area contributed by atoms with Crippen molar-refractivity contribution in [3.05, 3.63) is 47.9 Å². The summed E-state index contributed by atoms with van der Waals surface area (Å²) in [5, 5.41) is 3.50. The Hall–Kier alpha value is -1.74. The van der Waals surface area contributed by atoms with Crippen LogP contribution in [0, 0.1) is 6.92 Å². The van der Waals surface area contributed by atoms with Crippen molar-refractivity contribution in [1.29, 1.82) is 0 Å². The van der Waals surface area contributed by atoms with E-state index in [0.717, 1.165) is 23.5 Å². The number of nitrogens with one attached hydrogen (secondary N) is 1. The van der Waals surface area contributed by atoms with Crippen LogP contribution in [0.2, 0.25) is 0 Å². The predicted octanol–water partition coefficient (Wildman–Crippen LogP) is 2.88. The van der Waals surface area contributed by atoms with E-state index in [1.165, 1.54) is 18.4 Å². The Balaban J connectivity index is 2.04. The molecule has 18 heavy (non-hydrogen) atoms. The van der Waals surface area contributed by atoms with Gasteiger partial charge in [-0.05, 0) is 31.9 Å². The lowest BCUT2D eigenvalue weighted by Gasteiger charge is -2.14. The molecule has 0 bridgehead atoms. The monoisotopic (exact) mass is 239 g/mol. The smallest absolute Gasteiger partial charge is 0.116 e. The van der Waals surface area contributed by atoms with Crippen LogP contribution >= 0.6 is 0 Å². The molecular formula is C15H17N3. The summed E-state index contributed by atoms with van der Waals surface area (Å²) in [4.78, 5) is 8.91. The second-order valence-electron chi connectivity index (χ2n) is 4.75. The van der Waals surface area contributed by atoms with E-state index in [-0.39, 0.29) is 0 Å². The second kappa shape index (κ2) is 4.86. The van der Waals surface area contributed by atoms with Gasteiger partial charge in [0.05, 0.1) is 11.4 Å². The largest absolute Gasteiger partial charge is 0.309 e. The fraction of sp³-hybridized carbons (Fsp3) is 0.333. The molecule has 2 heterocycles. The normalized spacial score (nSPS) is 19.1. The van der Waals surface area contributed by atoms with E-state index in [4.69, 9.17) is 0 Å². The molecule has 92 valence electrons. The Kier molecular flexibility index (Phi) is 3.07. The first-order valence-corrected chi connectivity index (χ1v) is 6.46. The highest BCUT2D eigenvalue weighted by molar-refractivity contribution is 5.63. The lowest BCUT2D eigenvalue weighted by atomic mass is 10.0. The van der Waals surface area contributed by atoms with Gasteiger partial charge < -0.3 is 5.32 Å². The molecule has 1 unspecified atom stereocenters. The number of hydrogen-bond acceptors (Lipinski definition) is 3. The summed E-state index contributed by atoms with van der Waals surface area (Å²) in [6.45, 7) is 3.21. The summed E-state index contributed by atoms with van der Waals surface area (Å²) in [5.41, 5.74) is 4.57. The minimum absolute atomic E-state index is 0.399. The minimum Gasteiger partial charge on any atom is -0.309 e. The summed E-state index contributed by atoms with van der Waals surface area (Å²) < 4.78 is 0. The van der Waals surface area contributed by atoms with Crippen molar-refractivity contribution in [2.45, 2.75) is 25.8 Å². The Morgan fingerprint density at radius 2 is 2.00 bits per heavy atom. The average molecular weight is 239 g/mol. The molecular weight excluding hydrogens is 222 g/mol. The molecule has 0 saturated carbocycles. The second-order valence-corrected chi connectivity index (χ2v) is 4.75. The molecule has 1 fully saturated rings. The molecule has 2 aromatic rings. The quantitative estimate of drug-likeness (QED) is 0.875. The van der Waals surface area contributed by atoms with E-state index in [1.807, 2.05) is 18.2 Å². The van der Waals surface area contributed by atoms with Crippen LogP contribution in [-0.2, 0) is 0 Å². The van der Waals surface area contributed by atoms with Crippen LogP contribution < -0.4 is 5.32 Å². The van der Waals surface area contributed by atoms with Gasteiger partial charge >= 0.3 is 0 Å². The molecule has 0 aliphatic carbocycles. The van der Waals surface area contributed by atoms with Gasteiger partial charge in [0.15, 0.2) is 0 Å². The van der Waals surface area contributed by atoms with Crippen LogP contribution in [-0.4, -0.2) is 16.5 Å². The van der Waals surface area contributed by atoms with Gasteiger partial charge in [0, 0.05) is 11.6 Å².